The average molecular weight is 213 g/mol. The van der Waals surface area contributed by atoms with Crippen LogP contribution in [0.25, 0.3) is 0 Å². The van der Waals surface area contributed by atoms with E-state index >= 15 is 0 Å². The minimum Gasteiger partial charge on any atom is -0.388 e. The van der Waals surface area contributed by atoms with Crippen LogP contribution >= 0.6 is 11.6 Å². The molecule has 0 heterocycles. The van der Waals surface area contributed by atoms with Gasteiger partial charge in [-0.25, -0.2) is 0 Å². The molecule has 1 aromatic carbocycles. The summed E-state index contributed by atoms with van der Waals surface area (Å²) in [4.78, 5) is 0. The van der Waals surface area contributed by atoms with E-state index in [1.165, 1.54) is 5.56 Å². The SMILES string of the molecule is CC(C)c1ccc(C(O)CCCl)cc1. The van der Waals surface area contributed by atoms with Crippen molar-refractivity contribution >= 4 is 11.6 Å². The smallest absolute Gasteiger partial charge is 0.0801 e. The Morgan fingerprint density at radius 2 is 1.64 bits per heavy atom. The van der Waals surface area contributed by atoms with E-state index in [2.05, 4.69) is 26.0 Å². The molecular formula is C12H17ClO. The number of aliphatic hydroxyl groups is 1. The molecule has 1 atom stereocenters. The Hall–Kier alpha value is -0.530. The minimum absolute atomic E-state index is 0.422. The predicted octanol–water partition coefficient (Wildman–Crippen LogP) is 3.47. The van der Waals surface area contributed by atoms with Crippen molar-refractivity contribution in [3.05, 3.63) is 35.4 Å². The lowest BCUT2D eigenvalue weighted by molar-refractivity contribution is 0.174. The van der Waals surface area contributed by atoms with Crippen molar-refractivity contribution in [3.63, 3.8) is 0 Å². The van der Waals surface area contributed by atoms with Crippen LogP contribution in [0.2, 0.25) is 0 Å². The second-order valence-electron chi connectivity index (χ2n) is 3.81. The van der Waals surface area contributed by atoms with Crippen LogP contribution < -0.4 is 0 Å². The van der Waals surface area contributed by atoms with E-state index in [9.17, 15) is 5.11 Å². The van der Waals surface area contributed by atoms with Gasteiger partial charge in [0.2, 0.25) is 0 Å². The maximum absolute atomic E-state index is 9.67. The van der Waals surface area contributed by atoms with E-state index in [0.29, 0.717) is 18.2 Å². The third-order valence-electron chi connectivity index (χ3n) is 2.37. The zero-order valence-corrected chi connectivity index (χ0v) is 9.46. The molecule has 0 spiro atoms. The van der Waals surface area contributed by atoms with Crippen LogP contribution in [0.1, 0.15) is 43.4 Å². The molecule has 1 nitrogen and oxygen atoms in total. The highest BCUT2D eigenvalue weighted by molar-refractivity contribution is 6.17. The summed E-state index contributed by atoms with van der Waals surface area (Å²) in [6.07, 6.45) is 0.191. The van der Waals surface area contributed by atoms with Crippen LogP contribution in [0.15, 0.2) is 24.3 Å². The van der Waals surface area contributed by atoms with Crippen LogP contribution in [-0.4, -0.2) is 11.0 Å². The number of halogens is 1. The molecule has 0 bridgehead atoms. The summed E-state index contributed by atoms with van der Waals surface area (Å²) < 4.78 is 0. The van der Waals surface area contributed by atoms with Crippen molar-refractivity contribution in [2.45, 2.75) is 32.3 Å². The van der Waals surface area contributed by atoms with Gasteiger partial charge in [-0.2, -0.15) is 0 Å². The second-order valence-corrected chi connectivity index (χ2v) is 4.19. The summed E-state index contributed by atoms with van der Waals surface area (Å²) in [6, 6.07) is 8.09. The van der Waals surface area contributed by atoms with Crippen LogP contribution in [-0.2, 0) is 0 Å². The molecule has 0 aliphatic carbocycles. The van der Waals surface area contributed by atoms with Crippen LogP contribution in [0, 0.1) is 0 Å². The van der Waals surface area contributed by atoms with Crippen LogP contribution in [0.4, 0.5) is 0 Å². The Bertz CT molecular complexity index is 266. The van der Waals surface area contributed by atoms with E-state index in [4.69, 9.17) is 11.6 Å². The number of alkyl halides is 1. The van der Waals surface area contributed by atoms with Crippen LogP contribution in [0.5, 0.6) is 0 Å². The van der Waals surface area contributed by atoms with Crippen molar-refractivity contribution in [1.29, 1.82) is 0 Å². The molecular weight excluding hydrogens is 196 g/mol. The number of rotatable bonds is 4. The predicted molar refractivity (Wildman–Crippen MR) is 60.8 cm³/mol. The van der Waals surface area contributed by atoms with Crippen molar-refractivity contribution in [1.82, 2.24) is 0 Å². The summed E-state index contributed by atoms with van der Waals surface area (Å²) in [5.41, 5.74) is 2.25. The molecule has 1 N–H and O–H groups in total. The van der Waals surface area contributed by atoms with Gasteiger partial charge in [-0.1, -0.05) is 38.1 Å². The highest BCUT2D eigenvalue weighted by atomic mass is 35.5. The second kappa shape index (κ2) is 5.38. The van der Waals surface area contributed by atoms with Crippen LogP contribution in [0.3, 0.4) is 0 Å². The van der Waals surface area contributed by atoms with E-state index in [1.807, 2.05) is 12.1 Å². The molecule has 14 heavy (non-hydrogen) atoms. The van der Waals surface area contributed by atoms with E-state index in [-0.39, 0.29) is 0 Å². The summed E-state index contributed by atoms with van der Waals surface area (Å²) >= 11 is 5.57. The third-order valence-corrected chi connectivity index (χ3v) is 2.59. The number of aliphatic hydroxyl groups excluding tert-OH is 1. The van der Waals surface area contributed by atoms with Gasteiger partial charge in [0.25, 0.3) is 0 Å². The zero-order valence-electron chi connectivity index (χ0n) is 8.70. The Balaban J connectivity index is 2.72. The molecule has 1 aromatic rings. The molecule has 0 amide bonds. The highest BCUT2D eigenvalue weighted by Gasteiger charge is 2.06. The molecule has 0 saturated carbocycles. The lowest BCUT2D eigenvalue weighted by Gasteiger charge is -2.11. The summed E-state index contributed by atoms with van der Waals surface area (Å²) in [5.74, 6) is 1.03. The van der Waals surface area contributed by atoms with Gasteiger partial charge in [-0.3, -0.25) is 0 Å². The summed E-state index contributed by atoms with van der Waals surface area (Å²) in [5, 5.41) is 9.67. The molecule has 2 heteroatoms. The van der Waals surface area contributed by atoms with Gasteiger partial charge < -0.3 is 5.11 Å². The summed E-state index contributed by atoms with van der Waals surface area (Å²) in [6.45, 7) is 4.31. The van der Waals surface area contributed by atoms with Crippen molar-refractivity contribution < 1.29 is 5.11 Å². The maximum Gasteiger partial charge on any atom is 0.0801 e. The molecule has 0 saturated heterocycles. The number of benzene rings is 1. The molecule has 78 valence electrons. The van der Waals surface area contributed by atoms with E-state index < -0.39 is 6.10 Å². The Labute approximate surface area is 90.7 Å². The average Bonchev–Trinajstić information content (AvgIpc) is 2.18. The van der Waals surface area contributed by atoms with Crippen molar-refractivity contribution in [2.75, 3.05) is 5.88 Å². The fraction of sp³-hybridized carbons (Fsp3) is 0.500. The maximum atomic E-state index is 9.67. The normalized spacial score (nSPS) is 13.2. The molecule has 0 aliphatic heterocycles. The Kier molecular flexibility index (Phi) is 4.43. The van der Waals surface area contributed by atoms with Gasteiger partial charge >= 0.3 is 0 Å². The Morgan fingerprint density at radius 1 is 1.14 bits per heavy atom. The first-order valence-corrected chi connectivity index (χ1v) is 5.52. The van der Waals surface area contributed by atoms with Gasteiger partial charge in [-0.05, 0) is 23.5 Å². The molecule has 0 aromatic heterocycles. The topological polar surface area (TPSA) is 20.2 Å². The fourth-order valence-electron chi connectivity index (χ4n) is 1.37. The number of hydrogen-bond acceptors (Lipinski definition) is 1. The van der Waals surface area contributed by atoms with E-state index in [0.717, 1.165) is 5.56 Å². The van der Waals surface area contributed by atoms with Gasteiger partial charge in [0, 0.05) is 5.88 Å². The van der Waals surface area contributed by atoms with Gasteiger partial charge in [0.05, 0.1) is 6.10 Å². The molecule has 0 fully saturated rings. The standard InChI is InChI=1S/C12H17ClO/c1-9(2)10-3-5-11(6-4-10)12(14)7-8-13/h3-6,9,12,14H,7-8H2,1-2H3. The van der Waals surface area contributed by atoms with Crippen molar-refractivity contribution in [2.24, 2.45) is 0 Å². The Morgan fingerprint density at radius 3 is 2.07 bits per heavy atom. The van der Waals surface area contributed by atoms with Gasteiger partial charge in [0.1, 0.15) is 0 Å². The molecule has 0 aliphatic rings. The quantitative estimate of drug-likeness (QED) is 0.758. The molecule has 1 unspecified atom stereocenters. The van der Waals surface area contributed by atoms with Crippen molar-refractivity contribution in [3.8, 4) is 0 Å². The first-order chi connectivity index (χ1) is 6.65. The van der Waals surface area contributed by atoms with E-state index in [1.54, 1.807) is 0 Å². The summed E-state index contributed by atoms with van der Waals surface area (Å²) in [7, 11) is 0. The first kappa shape index (κ1) is 11.5. The fourth-order valence-corrected chi connectivity index (χ4v) is 1.58. The lowest BCUT2D eigenvalue weighted by Crippen LogP contribution is -1.98. The highest BCUT2D eigenvalue weighted by Crippen LogP contribution is 2.20. The third kappa shape index (κ3) is 3.00. The van der Waals surface area contributed by atoms with Gasteiger partial charge in [0.15, 0.2) is 0 Å². The monoisotopic (exact) mass is 212 g/mol. The first-order valence-electron chi connectivity index (χ1n) is 4.99. The molecule has 0 radical (unpaired) electrons. The van der Waals surface area contributed by atoms with Gasteiger partial charge in [-0.15, -0.1) is 11.6 Å². The largest absolute Gasteiger partial charge is 0.388 e. The zero-order chi connectivity index (χ0) is 10.6. The lowest BCUT2D eigenvalue weighted by atomic mass is 9.99. The minimum atomic E-state index is -0.422. The number of hydrogen-bond donors (Lipinski definition) is 1. The molecule has 1 rings (SSSR count).